The Kier molecular flexibility index (Phi) is 4.06. The molecule has 2 amide bonds. The molecule has 0 bridgehead atoms. The van der Waals surface area contributed by atoms with Crippen molar-refractivity contribution in [1.82, 2.24) is 25.4 Å². The molecule has 7 nitrogen and oxygen atoms in total. The molecule has 3 unspecified atom stereocenters. The van der Waals surface area contributed by atoms with Crippen LogP contribution >= 0.6 is 0 Å². The summed E-state index contributed by atoms with van der Waals surface area (Å²) in [6.45, 7) is 2.43. The first-order valence-corrected chi connectivity index (χ1v) is 7.29. The maximum Gasteiger partial charge on any atom is 0.315 e. The Balaban J connectivity index is 1.58. The monoisotopic (exact) mass is 301 g/mol. The van der Waals surface area contributed by atoms with Gasteiger partial charge in [-0.2, -0.15) is 5.10 Å². The molecular weight excluding hydrogens is 282 g/mol. The average Bonchev–Trinajstić information content (AvgIpc) is 3.08. The quantitative estimate of drug-likeness (QED) is 0.772. The molecule has 1 aromatic carbocycles. The normalized spacial score (nSPS) is 21.2. The zero-order valence-electron chi connectivity index (χ0n) is 12.3. The SMILES string of the molecule is CC(Cn1cncn1)NC(=O)NC1c2ccccc2CC1O. The number of hydrogen-bond donors (Lipinski definition) is 3. The van der Waals surface area contributed by atoms with Crippen LogP contribution in [-0.2, 0) is 13.0 Å². The highest BCUT2D eigenvalue weighted by atomic mass is 16.3. The van der Waals surface area contributed by atoms with Gasteiger partial charge in [0.2, 0.25) is 0 Å². The Bertz CT molecular complexity index is 643. The van der Waals surface area contributed by atoms with E-state index in [0.717, 1.165) is 11.1 Å². The molecule has 1 heterocycles. The van der Waals surface area contributed by atoms with Crippen LogP contribution in [0, 0.1) is 0 Å². The number of aromatic nitrogens is 3. The minimum Gasteiger partial charge on any atom is -0.390 e. The van der Waals surface area contributed by atoms with Gasteiger partial charge in [-0.25, -0.2) is 9.78 Å². The molecule has 0 spiro atoms. The zero-order valence-corrected chi connectivity index (χ0v) is 12.3. The van der Waals surface area contributed by atoms with E-state index in [1.165, 1.54) is 6.33 Å². The number of aliphatic hydroxyl groups excluding tert-OH is 1. The maximum atomic E-state index is 12.1. The second-order valence-corrected chi connectivity index (χ2v) is 5.58. The first-order chi connectivity index (χ1) is 10.6. The van der Waals surface area contributed by atoms with Gasteiger partial charge in [0.1, 0.15) is 12.7 Å². The molecular formula is C15H19N5O2. The first kappa shape index (κ1) is 14.5. The third-order valence-corrected chi connectivity index (χ3v) is 3.80. The lowest BCUT2D eigenvalue weighted by Crippen LogP contribution is -2.45. The van der Waals surface area contributed by atoms with E-state index in [-0.39, 0.29) is 18.1 Å². The molecule has 22 heavy (non-hydrogen) atoms. The number of benzene rings is 1. The van der Waals surface area contributed by atoms with E-state index in [9.17, 15) is 9.90 Å². The molecule has 7 heteroatoms. The fourth-order valence-corrected chi connectivity index (χ4v) is 2.81. The number of carbonyl (C=O) groups excluding carboxylic acids is 1. The molecule has 0 aliphatic heterocycles. The molecule has 1 aliphatic rings. The summed E-state index contributed by atoms with van der Waals surface area (Å²) in [4.78, 5) is 16.0. The number of rotatable bonds is 4. The average molecular weight is 301 g/mol. The second-order valence-electron chi connectivity index (χ2n) is 5.58. The number of aliphatic hydroxyl groups is 1. The lowest BCUT2D eigenvalue weighted by molar-refractivity contribution is 0.141. The van der Waals surface area contributed by atoms with Gasteiger partial charge in [0.25, 0.3) is 0 Å². The number of nitrogens with zero attached hydrogens (tertiary/aromatic N) is 3. The molecule has 0 fully saturated rings. The summed E-state index contributed by atoms with van der Waals surface area (Å²) in [7, 11) is 0. The van der Waals surface area contributed by atoms with Crippen molar-refractivity contribution < 1.29 is 9.90 Å². The van der Waals surface area contributed by atoms with Gasteiger partial charge in [0, 0.05) is 12.5 Å². The highest BCUT2D eigenvalue weighted by Crippen LogP contribution is 2.30. The van der Waals surface area contributed by atoms with Crippen molar-refractivity contribution in [3.63, 3.8) is 0 Å². The van der Waals surface area contributed by atoms with Crippen molar-refractivity contribution in [3.8, 4) is 0 Å². The number of hydrogen-bond acceptors (Lipinski definition) is 4. The van der Waals surface area contributed by atoms with Gasteiger partial charge < -0.3 is 15.7 Å². The topological polar surface area (TPSA) is 92.1 Å². The van der Waals surface area contributed by atoms with E-state index >= 15 is 0 Å². The molecule has 0 radical (unpaired) electrons. The largest absolute Gasteiger partial charge is 0.390 e. The Morgan fingerprint density at radius 1 is 1.50 bits per heavy atom. The molecule has 0 saturated heterocycles. The summed E-state index contributed by atoms with van der Waals surface area (Å²) in [6, 6.07) is 7.00. The number of nitrogens with one attached hydrogen (secondary N) is 2. The Labute approximate surface area is 128 Å². The van der Waals surface area contributed by atoms with E-state index in [0.29, 0.717) is 13.0 Å². The van der Waals surface area contributed by atoms with Crippen molar-refractivity contribution in [2.75, 3.05) is 0 Å². The van der Waals surface area contributed by atoms with E-state index in [4.69, 9.17) is 0 Å². The summed E-state index contributed by atoms with van der Waals surface area (Å²) in [5.41, 5.74) is 2.06. The number of urea groups is 1. The summed E-state index contributed by atoms with van der Waals surface area (Å²) in [5.74, 6) is 0. The fraction of sp³-hybridized carbons (Fsp3) is 0.400. The lowest BCUT2D eigenvalue weighted by Gasteiger charge is -2.20. The van der Waals surface area contributed by atoms with Crippen LogP contribution in [0.25, 0.3) is 0 Å². The van der Waals surface area contributed by atoms with Gasteiger partial charge in [-0.3, -0.25) is 4.68 Å². The minimum absolute atomic E-state index is 0.101. The van der Waals surface area contributed by atoms with E-state index in [1.54, 1.807) is 11.0 Å². The van der Waals surface area contributed by atoms with Crippen LogP contribution in [0.4, 0.5) is 4.79 Å². The number of fused-ring (bicyclic) bond motifs is 1. The summed E-state index contributed by atoms with van der Waals surface area (Å²) >= 11 is 0. The molecule has 1 aromatic heterocycles. The van der Waals surface area contributed by atoms with Gasteiger partial charge in [-0.05, 0) is 18.1 Å². The minimum atomic E-state index is -0.589. The van der Waals surface area contributed by atoms with Crippen LogP contribution < -0.4 is 10.6 Å². The maximum absolute atomic E-state index is 12.1. The summed E-state index contributed by atoms with van der Waals surface area (Å²) in [6.07, 6.45) is 3.04. The molecule has 3 atom stereocenters. The van der Waals surface area contributed by atoms with Crippen LogP contribution in [0.3, 0.4) is 0 Å². The van der Waals surface area contributed by atoms with E-state index in [1.807, 2.05) is 31.2 Å². The highest BCUT2D eigenvalue weighted by Gasteiger charge is 2.31. The summed E-state index contributed by atoms with van der Waals surface area (Å²) in [5, 5.41) is 19.8. The molecule has 3 rings (SSSR count). The van der Waals surface area contributed by atoms with Crippen molar-refractivity contribution in [1.29, 1.82) is 0 Å². The second kappa shape index (κ2) is 6.15. The van der Waals surface area contributed by atoms with Crippen LogP contribution in [0.1, 0.15) is 24.1 Å². The number of amides is 2. The van der Waals surface area contributed by atoms with Gasteiger partial charge in [0.15, 0.2) is 0 Å². The number of carbonyl (C=O) groups is 1. The van der Waals surface area contributed by atoms with Gasteiger partial charge in [-0.1, -0.05) is 24.3 Å². The predicted octanol–water partition coefficient (Wildman–Crippen LogP) is 0.624. The van der Waals surface area contributed by atoms with Gasteiger partial charge in [-0.15, -0.1) is 0 Å². The van der Waals surface area contributed by atoms with Crippen LogP contribution in [0.5, 0.6) is 0 Å². The zero-order chi connectivity index (χ0) is 15.5. The third-order valence-electron chi connectivity index (χ3n) is 3.80. The van der Waals surface area contributed by atoms with Gasteiger partial charge in [0.05, 0.1) is 18.7 Å². The van der Waals surface area contributed by atoms with Crippen LogP contribution in [-0.4, -0.2) is 38.0 Å². The first-order valence-electron chi connectivity index (χ1n) is 7.29. The van der Waals surface area contributed by atoms with Crippen LogP contribution in [0.15, 0.2) is 36.9 Å². The van der Waals surface area contributed by atoms with Gasteiger partial charge >= 0.3 is 6.03 Å². The Morgan fingerprint density at radius 2 is 2.32 bits per heavy atom. The van der Waals surface area contributed by atoms with Crippen molar-refractivity contribution >= 4 is 6.03 Å². The van der Waals surface area contributed by atoms with Crippen LogP contribution in [0.2, 0.25) is 0 Å². The molecule has 116 valence electrons. The highest BCUT2D eigenvalue weighted by molar-refractivity contribution is 5.75. The van der Waals surface area contributed by atoms with Crippen molar-refractivity contribution in [2.24, 2.45) is 0 Å². The Hall–Kier alpha value is -2.41. The molecule has 1 aliphatic carbocycles. The smallest absolute Gasteiger partial charge is 0.315 e. The lowest BCUT2D eigenvalue weighted by atomic mass is 10.1. The predicted molar refractivity (Wildman–Crippen MR) is 80.0 cm³/mol. The van der Waals surface area contributed by atoms with Crippen molar-refractivity contribution in [3.05, 3.63) is 48.0 Å². The van der Waals surface area contributed by atoms with E-state index in [2.05, 4.69) is 20.7 Å². The fourth-order valence-electron chi connectivity index (χ4n) is 2.81. The van der Waals surface area contributed by atoms with E-state index < -0.39 is 6.10 Å². The standard InChI is InChI=1S/C15H19N5O2/c1-10(7-20-9-16-8-17-20)18-15(22)19-14-12-5-3-2-4-11(12)6-13(14)21/h2-5,8-10,13-14,21H,6-7H2,1H3,(H2,18,19,22). The molecule has 3 N–H and O–H groups in total. The molecule has 0 saturated carbocycles. The third kappa shape index (κ3) is 3.09. The Morgan fingerprint density at radius 3 is 3.09 bits per heavy atom. The van der Waals surface area contributed by atoms with Crippen molar-refractivity contribution in [2.45, 2.75) is 38.1 Å². The molecule has 2 aromatic rings. The summed E-state index contributed by atoms with van der Waals surface area (Å²) < 4.78 is 1.66.